The molecule has 298 valence electrons. The largest absolute Gasteiger partial charge is 0.454 e. The molecule has 0 aliphatic carbocycles. The predicted molar refractivity (Wildman–Crippen MR) is 268 cm³/mol. The molecule has 63 heavy (non-hydrogen) atoms. The Kier molecular flexibility index (Phi) is 7.87. The van der Waals surface area contributed by atoms with Crippen molar-refractivity contribution >= 4 is 131 Å². The summed E-state index contributed by atoms with van der Waals surface area (Å²) in [6.45, 7) is 4.29. The zero-order valence-corrected chi connectivity index (χ0v) is 35.4. The summed E-state index contributed by atoms with van der Waals surface area (Å²) in [5.74, 6) is 0. The van der Waals surface area contributed by atoms with Crippen LogP contribution in [0.3, 0.4) is 0 Å². The maximum absolute atomic E-state index is 6.81. The van der Waals surface area contributed by atoms with E-state index < -0.39 is 0 Å². The van der Waals surface area contributed by atoms with Crippen LogP contribution in [0.2, 0.25) is 0 Å². The van der Waals surface area contributed by atoms with Crippen LogP contribution >= 0.6 is 11.3 Å². The molecule has 4 nitrogen and oxygen atoms in total. The van der Waals surface area contributed by atoms with Crippen molar-refractivity contribution in [2.45, 2.75) is 13.8 Å². The van der Waals surface area contributed by atoms with Crippen LogP contribution in [0.15, 0.2) is 203 Å². The molecule has 0 N–H and O–H groups in total. The van der Waals surface area contributed by atoms with Crippen LogP contribution in [0.4, 0.5) is 34.1 Å². The lowest BCUT2D eigenvalue weighted by molar-refractivity contribution is 0.669. The van der Waals surface area contributed by atoms with E-state index in [4.69, 9.17) is 8.83 Å². The number of furan rings is 2. The molecule has 5 heteroatoms. The van der Waals surface area contributed by atoms with Crippen LogP contribution in [0.25, 0.3) is 85.6 Å². The molecule has 13 aromatic rings. The van der Waals surface area contributed by atoms with Gasteiger partial charge in [-0.3, -0.25) is 0 Å². The number of hydrogen-bond acceptors (Lipinski definition) is 5. The number of hydrogen-bond donors (Lipinski definition) is 0. The molecule has 0 fully saturated rings. The number of nitrogens with zero attached hydrogens (tertiary/aromatic N) is 2. The van der Waals surface area contributed by atoms with Gasteiger partial charge in [0.1, 0.15) is 11.2 Å². The van der Waals surface area contributed by atoms with Crippen molar-refractivity contribution in [2.24, 2.45) is 0 Å². The SMILES string of the molecule is Cc1ccc(N(c2cccc3c2oc2ccccc23)c2cc3ccccc3c3c2sc2c(N(c4ccc(C)cc4)c4cccc5c4oc4ccccc45)cc4ccccc4c23)cc1. The van der Waals surface area contributed by atoms with E-state index in [1.165, 1.54) is 52.8 Å². The number of anilines is 6. The minimum absolute atomic E-state index is 0.859. The number of para-hydroxylation sites is 4. The third kappa shape index (κ3) is 5.46. The molecule has 0 aliphatic heterocycles. The minimum Gasteiger partial charge on any atom is -0.454 e. The fraction of sp³-hybridized carbons (Fsp3) is 0.0345. The first-order valence-corrected chi connectivity index (χ1v) is 22.2. The fourth-order valence-corrected chi connectivity index (χ4v) is 11.1. The summed E-state index contributed by atoms with van der Waals surface area (Å²) in [4.78, 5) is 4.84. The van der Waals surface area contributed by atoms with E-state index in [0.29, 0.717) is 0 Å². The Balaban J connectivity index is 1.18. The van der Waals surface area contributed by atoms with Gasteiger partial charge in [-0.2, -0.15) is 0 Å². The van der Waals surface area contributed by atoms with Gasteiger partial charge in [-0.25, -0.2) is 0 Å². The molecule has 10 aromatic carbocycles. The van der Waals surface area contributed by atoms with Crippen LogP contribution in [-0.4, -0.2) is 0 Å². The van der Waals surface area contributed by atoms with E-state index in [2.05, 4.69) is 206 Å². The van der Waals surface area contributed by atoms with Gasteiger partial charge in [-0.05, 0) is 96.1 Å². The molecule has 0 spiro atoms. The van der Waals surface area contributed by atoms with E-state index in [1.54, 1.807) is 0 Å². The second-order valence-electron chi connectivity index (χ2n) is 16.6. The lowest BCUT2D eigenvalue weighted by Crippen LogP contribution is -2.10. The van der Waals surface area contributed by atoms with Gasteiger partial charge in [-0.15, -0.1) is 11.3 Å². The minimum atomic E-state index is 0.859. The molecule has 0 atom stereocenters. The molecule has 0 bridgehead atoms. The maximum atomic E-state index is 6.81. The Morgan fingerprint density at radius 1 is 0.349 bits per heavy atom. The summed E-state index contributed by atoms with van der Waals surface area (Å²) in [7, 11) is 0. The topological polar surface area (TPSA) is 32.8 Å². The molecule has 0 amide bonds. The van der Waals surface area contributed by atoms with Crippen LogP contribution in [0, 0.1) is 13.8 Å². The highest BCUT2D eigenvalue weighted by Gasteiger charge is 2.28. The van der Waals surface area contributed by atoms with Gasteiger partial charge >= 0.3 is 0 Å². The van der Waals surface area contributed by atoms with Crippen molar-refractivity contribution in [1.82, 2.24) is 0 Å². The molecule has 0 saturated carbocycles. The Morgan fingerprint density at radius 2 is 0.730 bits per heavy atom. The first kappa shape index (κ1) is 35.9. The molecule has 3 aromatic heterocycles. The Labute approximate surface area is 367 Å². The highest BCUT2D eigenvalue weighted by Crippen LogP contribution is 2.55. The van der Waals surface area contributed by atoms with Crippen LogP contribution in [0.5, 0.6) is 0 Å². The van der Waals surface area contributed by atoms with Gasteiger partial charge in [0.15, 0.2) is 11.2 Å². The van der Waals surface area contributed by atoms with Crippen molar-refractivity contribution in [1.29, 1.82) is 0 Å². The van der Waals surface area contributed by atoms with Crippen LogP contribution in [0.1, 0.15) is 11.1 Å². The summed E-state index contributed by atoms with van der Waals surface area (Å²) in [5, 5.41) is 11.7. The smallest absolute Gasteiger partial charge is 0.159 e. The van der Waals surface area contributed by atoms with Crippen molar-refractivity contribution in [3.05, 3.63) is 205 Å². The van der Waals surface area contributed by atoms with E-state index in [-0.39, 0.29) is 0 Å². The Hall–Kier alpha value is -7.86. The number of rotatable bonds is 6. The Bertz CT molecular complexity index is 3690. The summed E-state index contributed by atoms with van der Waals surface area (Å²) >= 11 is 1.86. The van der Waals surface area contributed by atoms with Gasteiger partial charge < -0.3 is 18.6 Å². The summed E-state index contributed by atoms with van der Waals surface area (Å²) in [6.07, 6.45) is 0. The van der Waals surface area contributed by atoms with Crippen molar-refractivity contribution < 1.29 is 8.83 Å². The molecule has 0 aliphatic rings. The second kappa shape index (κ2) is 13.8. The zero-order chi connectivity index (χ0) is 41.8. The third-order valence-electron chi connectivity index (χ3n) is 12.7. The maximum Gasteiger partial charge on any atom is 0.159 e. The zero-order valence-electron chi connectivity index (χ0n) is 34.6. The van der Waals surface area contributed by atoms with Gasteiger partial charge in [0.25, 0.3) is 0 Å². The van der Waals surface area contributed by atoms with E-state index in [0.717, 1.165) is 78.0 Å². The number of thiophene rings is 1. The fourth-order valence-electron chi connectivity index (χ4n) is 9.79. The first-order chi connectivity index (χ1) is 31.1. The quantitative estimate of drug-likeness (QED) is 0.167. The van der Waals surface area contributed by atoms with E-state index in [9.17, 15) is 0 Å². The third-order valence-corrected chi connectivity index (χ3v) is 14.0. The van der Waals surface area contributed by atoms with E-state index in [1.807, 2.05) is 23.5 Å². The van der Waals surface area contributed by atoms with Crippen LogP contribution in [-0.2, 0) is 0 Å². The van der Waals surface area contributed by atoms with Crippen molar-refractivity contribution in [3.63, 3.8) is 0 Å². The van der Waals surface area contributed by atoms with Gasteiger partial charge in [0.05, 0.1) is 32.1 Å². The highest BCUT2D eigenvalue weighted by molar-refractivity contribution is 7.27. The summed E-state index contributed by atoms with van der Waals surface area (Å²) in [6, 6.07) is 70.0. The molecule has 0 unspecified atom stereocenters. The number of aryl methyl sites for hydroxylation is 2. The van der Waals surface area contributed by atoms with Gasteiger partial charge in [0.2, 0.25) is 0 Å². The van der Waals surface area contributed by atoms with Crippen LogP contribution < -0.4 is 9.80 Å². The standard InChI is InChI=1S/C58H38N2O2S/c1-35-25-29-39(30-26-35)59(47-21-11-19-45-43-17-7-9-23-51(43)61-55(45)47)49-33-37-13-3-5-15-41(37)53-54-42-16-6-4-14-38(42)34-50(58(54)63-57(49)53)60(40-31-27-36(2)28-32-40)48-22-12-20-46-44-18-8-10-24-52(44)62-56(46)48/h3-34H,1-2H3. The second-order valence-corrected chi connectivity index (χ2v) is 17.6. The number of benzene rings is 10. The van der Waals surface area contributed by atoms with Gasteiger partial charge in [-0.1, -0.05) is 145 Å². The lowest BCUT2D eigenvalue weighted by Gasteiger charge is -2.27. The highest BCUT2D eigenvalue weighted by atomic mass is 32.1. The summed E-state index contributed by atoms with van der Waals surface area (Å²) < 4.78 is 16.0. The van der Waals surface area contributed by atoms with Crippen molar-refractivity contribution in [2.75, 3.05) is 9.80 Å². The number of fused-ring (bicyclic) bond motifs is 13. The summed E-state index contributed by atoms with van der Waals surface area (Å²) in [5.41, 5.74) is 12.2. The van der Waals surface area contributed by atoms with E-state index >= 15 is 0 Å². The van der Waals surface area contributed by atoms with Crippen molar-refractivity contribution in [3.8, 4) is 0 Å². The molecule has 0 saturated heterocycles. The molecule has 0 radical (unpaired) electrons. The lowest BCUT2D eigenvalue weighted by atomic mass is 9.97. The molecule has 13 rings (SSSR count). The molecular weight excluding hydrogens is 789 g/mol. The Morgan fingerprint density at radius 3 is 1.17 bits per heavy atom. The normalized spacial score (nSPS) is 12.0. The monoisotopic (exact) mass is 826 g/mol. The average Bonchev–Trinajstić information content (AvgIpc) is 4.04. The average molecular weight is 827 g/mol. The molecule has 3 heterocycles. The predicted octanol–water partition coefficient (Wildman–Crippen LogP) is 17.7. The molecular formula is C58H38N2O2S. The first-order valence-electron chi connectivity index (χ1n) is 21.4. The van der Waals surface area contributed by atoms with Gasteiger partial charge in [0, 0.05) is 43.7 Å².